The summed E-state index contributed by atoms with van der Waals surface area (Å²) in [5.74, 6) is -1.55. The number of amides is 2. The van der Waals surface area contributed by atoms with E-state index in [0.29, 0.717) is 5.56 Å². The van der Waals surface area contributed by atoms with E-state index in [2.05, 4.69) is 21.1 Å². The molecule has 4 N–H and O–H groups in total. The summed E-state index contributed by atoms with van der Waals surface area (Å²) in [4.78, 5) is 24.4. The number of hydrogen-bond acceptors (Lipinski definition) is 6. The molecule has 0 spiro atoms. The van der Waals surface area contributed by atoms with E-state index in [-0.39, 0.29) is 28.3 Å². The highest BCUT2D eigenvalue weighted by Crippen LogP contribution is 2.16. The number of phenolic OH excluding ortho intramolecular Hbond substituents is 2. The van der Waals surface area contributed by atoms with Crippen LogP contribution in [0.25, 0.3) is 0 Å². The Morgan fingerprint density at radius 2 is 1.20 bits per heavy atom. The van der Waals surface area contributed by atoms with Crippen molar-refractivity contribution in [3.63, 3.8) is 0 Å². The Labute approximate surface area is 172 Å². The quantitative estimate of drug-likeness (QED) is 0.374. The lowest BCUT2D eigenvalue weighted by Crippen LogP contribution is -2.22. The number of nitrogens with one attached hydrogen (secondary N) is 2. The summed E-state index contributed by atoms with van der Waals surface area (Å²) in [6.07, 6.45) is 1.26. The highest BCUT2D eigenvalue weighted by Gasteiger charge is 2.11. The van der Waals surface area contributed by atoms with E-state index >= 15 is 0 Å². The minimum absolute atomic E-state index is 0.0680. The fourth-order valence-corrected chi connectivity index (χ4v) is 2.49. The average Bonchev–Trinajstić information content (AvgIpc) is 2.77. The number of hydrazone groups is 2. The highest BCUT2D eigenvalue weighted by molar-refractivity contribution is 6.38. The van der Waals surface area contributed by atoms with Crippen molar-refractivity contribution in [1.82, 2.24) is 10.9 Å². The third kappa shape index (κ3) is 5.08. The molecule has 0 radical (unpaired) electrons. The molecule has 3 aromatic rings. The van der Waals surface area contributed by atoms with Crippen molar-refractivity contribution in [2.24, 2.45) is 10.2 Å². The SMILES string of the molecule is O=C(NN=CC(=NNC(=O)c1ccccc1O)c1ccccc1)c1ccccc1O. The maximum absolute atomic E-state index is 12.3. The summed E-state index contributed by atoms with van der Waals surface area (Å²) >= 11 is 0. The lowest BCUT2D eigenvalue weighted by Gasteiger charge is -2.05. The maximum Gasteiger partial charge on any atom is 0.275 e. The van der Waals surface area contributed by atoms with Gasteiger partial charge in [-0.3, -0.25) is 9.59 Å². The first-order chi connectivity index (χ1) is 14.6. The Hall–Kier alpha value is -4.46. The molecule has 0 aliphatic rings. The molecule has 8 heteroatoms. The van der Waals surface area contributed by atoms with Crippen molar-refractivity contribution in [2.45, 2.75) is 0 Å². The average molecular weight is 402 g/mol. The minimum atomic E-state index is -0.604. The molecule has 150 valence electrons. The summed E-state index contributed by atoms with van der Waals surface area (Å²) in [6, 6.07) is 21.0. The van der Waals surface area contributed by atoms with Crippen LogP contribution in [0.5, 0.6) is 11.5 Å². The molecule has 0 atom stereocenters. The van der Waals surface area contributed by atoms with E-state index in [1.54, 1.807) is 48.5 Å². The first-order valence-corrected chi connectivity index (χ1v) is 8.89. The maximum atomic E-state index is 12.3. The number of phenols is 2. The Bertz CT molecular complexity index is 1110. The molecule has 0 saturated carbocycles. The molecule has 0 aliphatic carbocycles. The predicted molar refractivity (Wildman–Crippen MR) is 113 cm³/mol. The third-order valence-corrected chi connectivity index (χ3v) is 4.00. The minimum Gasteiger partial charge on any atom is -0.507 e. The largest absolute Gasteiger partial charge is 0.507 e. The normalized spacial score (nSPS) is 11.3. The standard InChI is InChI=1S/C22H18N4O4/c27-19-12-6-4-10-16(19)21(29)25-23-14-18(15-8-2-1-3-9-15)24-26-22(30)17-11-5-7-13-20(17)28/h1-14,27-28H,(H,25,29)(H,26,30). The van der Waals surface area contributed by atoms with Gasteiger partial charge in [0, 0.05) is 5.56 Å². The van der Waals surface area contributed by atoms with Crippen LogP contribution in [0.2, 0.25) is 0 Å². The number of aromatic hydroxyl groups is 2. The van der Waals surface area contributed by atoms with Crippen LogP contribution in [0, 0.1) is 0 Å². The van der Waals surface area contributed by atoms with Gasteiger partial charge in [-0.05, 0) is 24.3 Å². The fraction of sp³-hybridized carbons (Fsp3) is 0. The first-order valence-electron chi connectivity index (χ1n) is 8.89. The molecule has 30 heavy (non-hydrogen) atoms. The fourth-order valence-electron chi connectivity index (χ4n) is 2.49. The Morgan fingerprint density at radius 3 is 1.77 bits per heavy atom. The highest BCUT2D eigenvalue weighted by atomic mass is 16.3. The van der Waals surface area contributed by atoms with E-state index in [4.69, 9.17) is 0 Å². The molecule has 2 amide bonds. The molecule has 3 aromatic carbocycles. The number of rotatable bonds is 6. The summed E-state index contributed by atoms with van der Waals surface area (Å²) in [7, 11) is 0. The lowest BCUT2D eigenvalue weighted by atomic mass is 10.1. The molecule has 8 nitrogen and oxygen atoms in total. The van der Waals surface area contributed by atoms with Crippen LogP contribution < -0.4 is 10.9 Å². The number of hydrogen-bond donors (Lipinski definition) is 4. The number of carbonyl (C=O) groups is 2. The summed E-state index contributed by atoms with van der Waals surface area (Å²) < 4.78 is 0. The number of carbonyl (C=O) groups excluding carboxylic acids is 2. The van der Waals surface area contributed by atoms with Gasteiger partial charge in [0.15, 0.2) is 0 Å². The molecule has 0 fully saturated rings. The summed E-state index contributed by atoms with van der Waals surface area (Å²) in [6.45, 7) is 0. The zero-order valence-corrected chi connectivity index (χ0v) is 15.7. The van der Waals surface area contributed by atoms with E-state index < -0.39 is 11.8 Å². The van der Waals surface area contributed by atoms with Crippen LogP contribution >= 0.6 is 0 Å². The van der Waals surface area contributed by atoms with E-state index in [9.17, 15) is 19.8 Å². The van der Waals surface area contributed by atoms with Gasteiger partial charge in [0.25, 0.3) is 11.8 Å². The molecular weight excluding hydrogens is 384 g/mol. The Balaban J connectivity index is 1.78. The molecule has 0 bridgehead atoms. The predicted octanol–water partition coefficient (Wildman–Crippen LogP) is 2.65. The van der Waals surface area contributed by atoms with E-state index in [1.165, 1.54) is 30.5 Å². The zero-order chi connectivity index (χ0) is 21.3. The number of para-hydroxylation sites is 2. The van der Waals surface area contributed by atoms with Gasteiger partial charge in [-0.15, -0.1) is 0 Å². The van der Waals surface area contributed by atoms with Crippen molar-refractivity contribution >= 4 is 23.7 Å². The van der Waals surface area contributed by atoms with Crippen LogP contribution in [-0.2, 0) is 0 Å². The molecule has 0 heterocycles. The summed E-state index contributed by atoms with van der Waals surface area (Å²) in [5.41, 5.74) is 5.70. The van der Waals surface area contributed by atoms with Crippen LogP contribution in [0.1, 0.15) is 26.3 Å². The van der Waals surface area contributed by atoms with Gasteiger partial charge in [0.05, 0.1) is 17.3 Å². The Kier molecular flexibility index (Phi) is 6.52. The van der Waals surface area contributed by atoms with Gasteiger partial charge in [-0.25, -0.2) is 10.9 Å². The molecule has 3 rings (SSSR count). The van der Waals surface area contributed by atoms with Crippen LogP contribution in [0.3, 0.4) is 0 Å². The smallest absolute Gasteiger partial charge is 0.275 e. The van der Waals surface area contributed by atoms with Crippen molar-refractivity contribution < 1.29 is 19.8 Å². The van der Waals surface area contributed by atoms with Crippen molar-refractivity contribution in [3.05, 3.63) is 95.6 Å². The number of nitrogens with zero attached hydrogens (tertiary/aromatic N) is 2. The number of benzene rings is 3. The van der Waals surface area contributed by atoms with Crippen molar-refractivity contribution in [3.8, 4) is 11.5 Å². The van der Waals surface area contributed by atoms with Crippen molar-refractivity contribution in [1.29, 1.82) is 0 Å². The zero-order valence-electron chi connectivity index (χ0n) is 15.7. The second-order valence-corrected chi connectivity index (χ2v) is 6.04. The van der Waals surface area contributed by atoms with Gasteiger partial charge in [0.1, 0.15) is 17.2 Å². The summed E-state index contributed by atoms with van der Waals surface area (Å²) in [5, 5.41) is 27.5. The van der Waals surface area contributed by atoms with Crippen LogP contribution in [0.15, 0.2) is 89.1 Å². The van der Waals surface area contributed by atoms with Crippen molar-refractivity contribution in [2.75, 3.05) is 0 Å². The van der Waals surface area contributed by atoms with Gasteiger partial charge in [-0.2, -0.15) is 10.2 Å². The second kappa shape index (κ2) is 9.65. The van der Waals surface area contributed by atoms with Crippen LogP contribution in [-0.4, -0.2) is 34.0 Å². The first kappa shape index (κ1) is 20.3. The Morgan fingerprint density at radius 1 is 0.700 bits per heavy atom. The molecule has 0 saturated heterocycles. The lowest BCUT2D eigenvalue weighted by molar-refractivity contribution is 0.0943. The molecule has 0 unspecified atom stereocenters. The van der Waals surface area contributed by atoms with Gasteiger partial charge < -0.3 is 10.2 Å². The molecule has 0 aromatic heterocycles. The van der Waals surface area contributed by atoms with Gasteiger partial charge >= 0.3 is 0 Å². The molecular formula is C22H18N4O4. The van der Waals surface area contributed by atoms with Gasteiger partial charge in [-0.1, -0.05) is 54.6 Å². The topological polar surface area (TPSA) is 123 Å². The molecule has 0 aliphatic heterocycles. The second-order valence-electron chi connectivity index (χ2n) is 6.04. The third-order valence-electron chi connectivity index (χ3n) is 4.00. The van der Waals surface area contributed by atoms with E-state index in [1.807, 2.05) is 6.07 Å². The van der Waals surface area contributed by atoms with E-state index in [0.717, 1.165) is 0 Å². The monoisotopic (exact) mass is 402 g/mol. The van der Waals surface area contributed by atoms with Gasteiger partial charge in [0.2, 0.25) is 0 Å². The van der Waals surface area contributed by atoms with Crippen LogP contribution in [0.4, 0.5) is 0 Å².